The molecule has 0 unspecified atom stereocenters. The molecule has 2 aromatic heterocycles. The standard InChI is InChI=1S/C14H18N4O2/c1-4-19-9-13-17-12(15-3)7-14(18-13)20-11-6-5-10(2)16-8-11/h5-8H,4,9H2,1-3H3,(H,15,17,18). The van der Waals surface area contributed by atoms with Crippen LogP contribution in [0.1, 0.15) is 18.4 Å². The highest BCUT2D eigenvalue weighted by atomic mass is 16.5. The monoisotopic (exact) mass is 274 g/mol. The first kappa shape index (κ1) is 14.2. The highest BCUT2D eigenvalue weighted by molar-refractivity contribution is 5.39. The van der Waals surface area contributed by atoms with Crippen molar-refractivity contribution in [3.05, 3.63) is 35.9 Å². The Hall–Kier alpha value is -2.21. The number of aryl methyl sites for hydroxylation is 1. The van der Waals surface area contributed by atoms with E-state index in [-0.39, 0.29) is 0 Å². The predicted octanol–water partition coefficient (Wildman–Crippen LogP) is 2.55. The molecule has 0 saturated heterocycles. The second-order valence-electron chi connectivity index (χ2n) is 4.13. The van der Waals surface area contributed by atoms with Crippen molar-refractivity contribution >= 4 is 5.82 Å². The van der Waals surface area contributed by atoms with Crippen molar-refractivity contribution in [2.45, 2.75) is 20.5 Å². The lowest BCUT2D eigenvalue weighted by atomic mass is 10.4. The average molecular weight is 274 g/mol. The maximum absolute atomic E-state index is 5.69. The topological polar surface area (TPSA) is 69.2 Å². The van der Waals surface area contributed by atoms with Gasteiger partial charge in [0.2, 0.25) is 5.88 Å². The Bertz CT molecular complexity index is 558. The molecule has 0 radical (unpaired) electrons. The third-order valence-corrected chi connectivity index (χ3v) is 2.55. The zero-order chi connectivity index (χ0) is 14.4. The van der Waals surface area contributed by atoms with Crippen molar-refractivity contribution in [3.8, 4) is 11.6 Å². The fourth-order valence-electron chi connectivity index (χ4n) is 1.55. The number of ether oxygens (including phenoxy) is 2. The highest BCUT2D eigenvalue weighted by Crippen LogP contribution is 2.21. The Kier molecular flexibility index (Phi) is 4.84. The second kappa shape index (κ2) is 6.81. The van der Waals surface area contributed by atoms with Crippen LogP contribution in [0.15, 0.2) is 24.4 Å². The van der Waals surface area contributed by atoms with Gasteiger partial charge in [-0.05, 0) is 26.0 Å². The van der Waals surface area contributed by atoms with E-state index in [2.05, 4.69) is 20.3 Å². The third kappa shape index (κ3) is 3.89. The summed E-state index contributed by atoms with van der Waals surface area (Å²) in [6.07, 6.45) is 1.67. The van der Waals surface area contributed by atoms with Gasteiger partial charge >= 0.3 is 0 Å². The molecule has 2 rings (SSSR count). The molecule has 20 heavy (non-hydrogen) atoms. The summed E-state index contributed by atoms with van der Waals surface area (Å²) in [7, 11) is 1.80. The minimum absolute atomic E-state index is 0.356. The van der Waals surface area contributed by atoms with Crippen LogP contribution in [-0.4, -0.2) is 28.6 Å². The minimum Gasteiger partial charge on any atom is -0.437 e. The number of hydrogen-bond acceptors (Lipinski definition) is 6. The summed E-state index contributed by atoms with van der Waals surface area (Å²) in [6.45, 7) is 4.82. The van der Waals surface area contributed by atoms with Crippen LogP contribution in [0, 0.1) is 6.92 Å². The van der Waals surface area contributed by atoms with Gasteiger partial charge in [0.1, 0.15) is 18.2 Å². The molecular formula is C14H18N4O2. The molecule has 0 spiro atoms. The van der Waals surface area contributed by atoms with Gasteiger partial charge in [0.05, 0.1) is 6.20 Å². The van der Waals surface area contributed by atoms with Crippen LogP contribution in [0.25, 0.3) is 0 Å². The van der Waals surface area contributed by atoms with Gasteiger partial charge in [-0.3, -0.25) is 4.98 Å². The number of nitrogens with one attached hydrogen (secondary N) is 1. The average Bonchev–Trinajstić information content (AvgIpc) is 2.47. The van der Waals surface area contributed by atoms with E-state index < -0.39 is 0 Å². The number of anilines is 1. The molecule has 0 aliphatic carbocycles. The van der Waals surface area contributed by atoms with Gasteiger partial charge in [0, 0.05) is 25.4 Å². The Morgan fingerprint density at radius 2 is 2.10 bits per heavy atom. The fourth-order valence-corrected chi connectivity index (χ4v) is 1.55. The molecular weight excluding hydrogens is 256 g/mol. The minimum atomic E-state index is 0.356. The summed E-state index contributed by atoms with van der Waals surface area (Å²) < 4.78 is 11.0. The maximum atomic E-state index is 5.69. The number of aromatic nitrogens is 3. The van der Waals surface area contributed by atoms with Crippen LogP contribution in [0.3, 0.4) is 0 Å². The van der Waals surface area contributed by atoms with Gasteiger partial charge in [0.25, 0.3) is 0 Å². The van der Waals surface area contributed by atoms with Crippen molar-refractivity contribution in [1.82, 2.24) is 15.0 Å². The summed E-state index contributed by atoms with van der Waals surface area (Å²) >= 11 is 0. The van der Waals surface area contributed by atoms with E-state index in [1.165, 1.54) is 0 Å². The van der Waals surface area contributed by atoms with Crippen molar-refractivity contribution in [2.24, 2.45) is 0 Å². The highest BCUT2D eigenvalue weighted by Gasteiger charge is 2.06. The van der Waals surface area contributed by atoms with Crippen LogP contribution in [0.4, 0.5) is 5.82 Å². The lowest BCUT2D eigenvalue weighted by molar-refractivity contribution is 0.128. The molecule has 0 aliphatic rings. The lowest BCUT2D eigenvalue weighted by Gasteiger charge is -2.09. The van der Waals surface area contributed by atoms with Crippen molar-refractivity contribution in [1.29, 1.82) is 0 Å². The first-order valence-corrected chi connectivity index (χ1v) is 6.45. The summed E-state index contributed by atoms with van der Waals surface area (Å²) in [5, 5.41) is 2.98. The third-order valence-electron chi connectivity index (χ3n) is 2.55. The number of nitrogens with zero attached hydrogens (tertiary/aromatic N) is 3. The number of pyridine rings is 1. The first-order valence-electron chi connectivity index (χ1n) is 6.45. The van der Waals surface area contributed by atoms with Crippen molar-refractivity contribution in [2.75, 3.05) is 19.0 Å². The van der Waals surface area contributed by atoms with Crippen LogP contribution in [0.2, 0.25) is 0 Å². The van der Waals surface area contributed by atoms with E-state index in [0.29, 0.717) is 36.5 Å². The summed E-state index contributed by atoms with van der Waals surface area (Å²) in [6, 6.07) is 5.47. The van der Waals surface area contributed by atoms with Crippen LogP contribution < -0.4 is 10.1 Å². The summed E-state index contributed by atoms with van der Waals surface area (Å²) in [4.78, 5) is 12.8. The molecule has 6 nitrogen and oxygen atoms in total. The molecule has 6 heteroatoms. The van der Waals surface area contributed by atoms with E-state index >= 15 is 0 Å². The fraction of sp³-hybridized carbons (Fsp3) is 0.357. The van der Waals surface area contributed by atoms with E-state index in [1.807, 2.05) is 26.0 Å². The molecule has 0 aromatic carbocycles. The SMILES string of the molecule is CCOCc1nc(NC)cc(Oc2ccc(C)nc2)n1. The van der Waals surface area contributed by atoms with Gasteiger partial charge in [0.15, 0.2) is 5.82 Å². The Balaban J connectivity index is 2.19. The Morgan fingerprint density at radius 1 is 1.25 bits per heavy atom. The molecule has 0 amide bonds. The molecule has 2 heterocycles. The number of rotatable bonds is 6. The van der Waals surface area contributed by atoms with Crippen molar-refractivity contribution < 1.29 is 9.47 Å². The molecule has 0 aliphatic heterocycles. The first-order chi connectivity index (χ1) is 9.71. The van der Waals surface area contributed by atoms with Gasteiger partial charge in [-0.25, -0.2) is 4.98 Å². The van der Waals surface area contributed by atoms with Gasteiger partial charge in [-0.1, -0.05) is 0 Å². The molecule has 0 saturated carbocycles. The quantitative estimate of drug-likeness (QED) is 0.873. The van der Waals surface area contributed by atoms with E-state index in [1.54, 1.807) is 19.3 Å². The lowest BCUT2D eigenvalue weighted by Crippen LogP contribution is -2.04. The maximum Gasteiger partial charge on any atom is 0.224 e. The summed E-state index contributed by atoms with van der Waals surface area (Å²) in [5.41, 5.74) is 0.938. The largest absolute Gasteiger partial charge is 0.437 e. The van der Waals surface area contributed by atoms with Gasteiger partial charge in [-0.15, -0.1) is 0 Å². The van der Waals surface area contributed by atoms with Gasteiger partial charge < -0.3 is 14.8 Å². The predicted molar refractivity (Wildman–Crippen MR) is 76.0 cm³/mol. The molecule has 0 atom stereocenters. The Morgan fingerprint density at radius 3 is 2.75 bits per heavy atom. The zero-order valence-electron chi connectivity index (χ0n) is 11.9. The summed E-state index contributed by atoms with van der Waals surface area (Å²) in [5.74, 6) is 2.36. The van der Waals surface area contributed by atoms with Crippen LogP contribution in [0.5, 0.6) is 11.6 Å². The zero-order valence-corrected chi connectivity index (χ0v) is 11.9. The second-order valence-corrected chi connectivity index (χ2v) is 4.13. The van der Waals surface area contributed by atoms with Crippen molar-refractivity contribution in [3.63, 3.8) is 0 Å². The molecule has 0 bridgehead atoms. The van der Waals surface area contributed by atoms with E-state index in [4.69, 9.17) is 9.47 Å². The molecule has 1 N–H and O–H groups in total. The molecule has 106 valence electrons. The molecule has 2 aromatic rings. The van der Waals surface area contributed by atoms with Crippen LogP contribution >= 0.6 is 0 Å². The smallest absolute Gasteiger partial charge is 0.224 e. The van der Waals surface area contributed by atoms with E-state index in [0.717, 1.165) is 5.69 Å². The normalized spacial score (nSPS) is 10.3. The van der Waals surface area contributed by atoms with Crippen LogP contribution in [-0.2, 0) is 11.3 Å². The molecule has 0 fully saturated rings. The van der Waals surface area contributed by atoms with E-state index in [9.17, 15) is 0 Å². The Labute approximate surface area is 118 Å². The number of hydrogen-bond donors (Lipinski definition) is 1. The van der Waals surface area contributed by atoms with Gasteiger partial charge in [-0.2, -0.15) is 4.98 Å².